The predicted octanol–water partition coefficient (Wildman–Crippen LogP) is 1.02. The van der Waals surface area contributed by atoms with Crippen LogP contribution in [0.25, 0.3) is 0 Å². The van der Waals surface area contributed by atoms with Crippen LogP contribution in [0.15, 0.2) is 6.20 Å². The zero-order valence-corrected chi connectivity index (χ0v) is 11.3. The van der Waals surface area contributed by atoms with Gasteiger partial charge in [0.05, 0.1) is 11.9 Å². The van der Waals surface area contributed by atoms with E-state index in [1.807, 2.05) is 0 Å². The van der Waals surface area contributed by atoms with E-state index >= 15 is 0 Å². The first kappa shape index (κ1) is 14.0. The fourth-order valence-corrected chi connectivity index (χ4v) is 1.94. The van der Waals surface area contributed by atoms with Crippen LogP contribution in [0.5, 0.6) is 0 Å². The number of halogens is 1. The van der Waals surface area contributed by atoms with E-state index in [9.17, 15) is 8.42 Å². The van der Waals surface area contributed by atoms with Crippen molar-refractivity contribution in [3.63, 3.8) is 0 Å². The van der Waals surface area contributed by atoms with E-state index in [2.05, 4.69) is 20.6 Å². The lowest BCUT2D eigenvalue weighted by atomic mass is 10.5. The van der Waals surface area contributed by atoms with Crippen LogP contribution >= 0.6 is 11.6 Å². The molecule has 0 unspecified atom stereocenters. The Morgan fingerprint density at radius 3 is 2.76 bits per heavy atom. The van der Waals surface area contributed by atoms with E-state index in [1.165, 1.54) is 6.20 Å². The Hall–Kier alpha value is -1.08. The Morgan fingerprint density at radius 2 is 2.18 bits per heavy atom. The topological polar surface area (TPSA) is 84.0 Å². The second kappa shape index (κ2) is 6.02. The fraction of sp³-hybridized carbons (Fsp3) is 0.556. The monoisotopic (exact) mass is 278 g/mol. The maximum Gasteiger partial charge on any atom is 0.224 e. The zero-order valence-electron chi connectivity index (χ0n) is 9.70. The Labute approximate surface area is 106 Å². The van der Waals surface area contributed by atoms with Gasteiger partial charge in [0.2, 0.25) is 5.95 Å². The second-order valence-corrected chi connectivity index (χ2v) is 6.18. The first-order valence-electron chi connectivity index (χ1n) is 5.13. The van der Waals surface area contributed by atoms with E-state index in [0.717, 1.165) is 0 Å². The van der Waals surface area contributed by atoms with Gasteiger partial charge in [-0.2, -0.15) is 4.98 Å². The predicted molar refractivity (Wildman–Crippen MR) is 69.4 cm³/mol. The van der Waals surface area contributed by atoms with Gasteiger partial charge in [-0.3, -0.25) is 0 Å². The van der Waals surface area contributed by atoms with Crippen molar-refractivity contribution < 1.29 is 8.42 Å². The van der Waals surface area contributed by atoms with Crippen LogP contribution in [0, 0.1) is 0 Å². The first-order valence-corrected chi connectivity index (χ1v) is 7.33. The molecule has 8 heteroatoms. The molecule has 0 spiro atoms. The first-order chi connectivity index (χ1) is 7.98. The molecule has 0 amide bonds. The summed E-state index contributed by atoms with van der Waals surface area (Å²) >= 11 is 5.87. The number of aromatic nitrogens is 2. The molecule has 0 aromatic carbocycles. The number of hydrogen-bond acceptors (Lipinski definition) is 6. The number of hydrogen-bond donors (Lipinski definition) is 2. The minimum absolute atomic E-state index is 0.0543. The summed E-state index contributed by atoms with van der Waals surface area (Å²) in [4.78, 5) is 7.99. The summed E-state index contributed by atoms with van der Waals surface area (Å²) in [6, 6.07) is 0. The summed E-state index contributed by atoms with van der Waals surface area (Å²) in [6.45, 7) is 1.89. The van der Waals surface area contributed by atoms with E-state index in [4.69, 9.17) is 11.6 Å². The Balaban J connectivity index is 2.63. The molecular formula is C9H15ClN4O2S. The Morgan fingerprint density at radius 1 is 1.47 bits per heavy atom. The molecule has 0 radical (unpaired) electrons. The van der Waals surface area contributed by atoms with Crippen molar-refractivity contribution in [1.29, 1.82) is 0 Å². The summed E-state index contributed by atoms with van der Waals surface area (Å²) in [6.07, 6.45) is 1.46. The maximum atomic E-state index is 11.3. The summed E-state index contributed by atoms with van der Waals surface area (Å²) < 4.78 is 22.6. The third-order valence-corrected chi connectivity index (χ3v) is 4.10. The molecule has 1 rings (SSSR count). The highest BCUT2D eigenvalue weighted by molar-refractivity contribution is 7.91. The number of nitrogens with one attached hydrogen (secondary N) is 2. The quantitative estimate of drug-likeness (QED) is 0.808. The van der Waals surface area contributed by atoms with Gasteiger partial charge in [-0.05, 0) is 0 Å². The third kappa shape index (κ3) is 4.35. The molecule has 0 bridgehead atoms. The number of nitrogens with zero attached hydrogens (tertiary/aromatic N) is 2. The zero-order chi connectivity index (χ0) is 12.9. The van der Waals surface area contributed by atoms with Gasteiger partial charge in [0.1, 0.15) is 5.02 Å². The average molecular weight is 279 g/mol. The SMILES string of the molecule is CCS(=O)(=O)CCNc1nc(NC)ncc1Cl. The van der Waals surface area contributed by atoms with Crippen molar-refractivity contribution in [3.05, 3.63) is 11.2 Å². The minimum Gasteiger partial charge on any atom is -0.368 e. The van der Waals surface area contributed by atoms with Gasteiger partial charge in [-0.1, -0.05) is 18.5 Å². The lowest BCUT2D eigenvalue weighted by Crippen LogP contribution is -2.18. The van der Waals surface area contributed by atoms with Gasteiger partial charge in [0.25, 0.3) is 0 Å². The lowest BCUT2D eigenvalue weighted by molar-refractivity contribution is 0.597. The van der Waals surface area contributed by atoms with Gasteiger partial charge < -0.3 is 10.6 Å². The summed E-state index contributed by atoms with van der Waals surface area (Å²) in [5.74, 6) is 1.04. The molecule has 0 fully saturated rings. The van der Waals surface area contributed by atoms with Crippen molar-refractivity contribution in [2.75, 3.05) is 35.7 Å². The molecule has 2 N–H and O–H groups in total. The standard InChI is InChI=1S/C9H15ClN4O2S/c1-3-17(15,16)5-4-12-8-7(10)6-13-9(11-2)14-8/h6H,3-5H2,1-2H3,(H2,11,12,13,14). The van der Waals surface area contributed by atoms with E-state index in [1.54, 1.807) is 14.0 Å². The fourth-order valence-electron chi connectivity index (χ4n) is 1.08. The van der Waals surface area contributed by atoms with Crippen LogP contribution in [0.4, 0.5) is 11.8 Å². The maximum absolute atomic E-state index is 11.3. The highest BCUT2D eigenvalue weighted by Gasteiger charge is 2.08. The van der Waals surface area contributed by atoms with Crippen LogP contribution in [-0.4, -0.2) is 43.5 Å². The molecule has 0 saturated carbocycles. The average Bonchev–Trinajstić information content (AvgIpc) is 2.31. The molecule has 17 heavy (non-hydrogen) atoms. The van der Waals surface area contributed by atoms with E-state index in [0.29, 0.717) is 16.8 Å². The molecule has 0 aliphatic carbocycles. The summed E-state index contributed by atoms with van der Waals surface area (Å²) in [5.41, 5.74) is 0. The highest BCUT2D eigenvalue weighted by Crippen LogP contribution is 2.18. The van der Waals surface area contributed by atoms with Crippen molar-refractivity contribution >= 4 is 33.2 Å². The van der Waals surface area contributed by atoms with Crippen LogP contribution in [0.3, 0.4) is 0 Å². The van der Waals surface area contributed by atoms with Crippen molar-refractivity contribution in [2.24, 2.45) is 0 Å². The summed E-state index contributed by atoms with van der Waals surface area (Å²) in [5, 5.41) is 6.01. The molecule has 96 valence electrons. The molecule has 6 nitrogen and oxygen atoms in total. The number of anilines is 2. The van der Waals surface area contributed by atoms with Gasteiger partial charge in [0, 0.05) is 19.3 Å². The normalized spacial score (nSPS) is 11.2. The Bertz CT molecular complexity index is 478. The smallest absolute Gasteiger partial charge is 0.224 e. The molecule has 0 aliphatic heterocycles. The van der Waals surface area contributed by atoms with Crippen LogP contribution in [0.2, 0.25) is 5.02 Å². The van der Waals surface area contributed by atoms with E-state index < -0.39 is 9.84 Å². The van der Waals surface area contributed by atoms with Crippen molar-refractivity contribution in [2.45, 2.75) is 6.92 Å². The lowest BCUT2D eigenvalue weighted by Gasteiger charge is -2.08. The highest BCUT2D eigenvalue weighted by atomic mass is 35.5. The largest absolute Gasteiger partial charge is 0.368 e. The molecule has 1 aromatic heterocycles. The Kier molecular flexibility index (Phi) is 4.95. The van der Waals surface area contributed by atoms with E-state index in [-0.39, 0.29) is 18.1 Å². The molecular weight excluding hydrogens is 264 g/mol. The molecule has 0 atom stereocenters. The van der Waals surface area contributed by atoms with Gasteiger partial charge in [0.15, 0.2) is 15.7 Å². The molecule has 1 heterocycles. The minimum atomic E-state index is -2.98. The second-order valence-electron chi connectivity index (χ2n) is 3.30. The summed E-state index contributed by atoms with van der Waals surface area (Å²) in [7, 11) is -1.29. The number of sulfone groups is 1. The van der Waals surface area contributed by atoms with Crippen LogP contribution in [0.1, 0.15) is 6.92 Å². The van der Waals surface area contributed by atoms with Gasteiger partial charge >= 0.3 is 0 Å². The number of rotatable bonds is 6. The third-order valence-electron chi connectivity index (χ3n) is 2.11. The van der Waals surface area contributed by atoms with Crippen LogP contribution < -0.4 is 10.6 Å². The molecule has 1 aromatic rings. The van der Waals surface area contributed by atoms with Crippen LogP contribution in [-0.2, 0) is 9.84 Å². The molecule has 0 saturated heterocycles. The van der Waals surface area contributed by atoms with Crippen molar-refractivity contribution in [1.82, 2.24) is 9.97 Å². The van der Waals surface area contributed by atoms with Gasteiger partial charge in [-0.15, -0.1) is 0 Å². The van der Waals surface area contributed by atoms with Gasteiger partial charge in [-0.25, -0.2) is 13.4 Å². The molecule has 0 aliphatic rings. The van der Waals surface area contributed by atoms with Crippen molar-refractivity contribution in [3.8, 4) is 0 Å².